The summed E-state index contributed by atoms with van der Waals surface area (Å²) in [4.78, 5) is 16.1. The SMILES string of the molecule is Cn1ccnc1C(=O)CC1CCCN(S(C)(=O)=O)C1. The molecule has 106 valence electrons. The van der Waals surface area contributed by atoms with Crippen LogP contribution in [-0.2, 0) is 17.1 Å². The van der Waals surface area contributed by atoms with Gasteiger partial charge in [-0.15, -0.1) is 0 Å². The first-order valence-corrected chi connectivity index (χ1v) is 8.18. The number of hydrogen-bond acceptors (Lipinski definition) is 4. The third-order valence-electron chi connectivity index (χ3n) is 3.50. The van der Waals surface area contributed by atoms with Crippen LogP contribution in [-0.4, -0.2) is 47.4 Å². The van der Waals surface area contributed by atoms with Crippen LogP contribution in [0.25, 0.3) is 0 Å². The molecule has 1 unspecified atom stereocenters. The zero-order chi connectivity index (χ0) is 14.0. The van der Waals surface area contributed by atoms with Gasteiger partial charge in [0, 0.05) is 39.0 Å². The Kier molecular flexibility index (Phi) is 4.05. The van der Waals surface area contributed by atoms with E-state index in [2.05, 4.69) is 4.98 Å². The summed E-state index contributed by atoms with van der Waals surface area (Å²) in [5.41, 5.74) is 0. The van der Waals surface area contributed by atoms with Gasteiger partial charge in [-0.05, 0) is 18.8 Å². The zero-order valence-corrected chi connectivity index (χ0v) is 12.1. The summed E-state index contributed by atoms with van der Waals surface area (Å²) in [5.74, 6) is 0.511. The van der Waals surface area contributed by atoms with Gasteiger partial charge in [0.2, 0.25) is 10.0 Å². The number of carbonyl (C=O) groups is 1. The Morgan fingerprint density at radius 3 is 2.84 bits per heavy atom. The van der Waals surface area contributed by atoms with E-state index in [0.717, 1.165) is 12.8 Å². The van der Waals surface area contributed by atoms with Crippen LogP contribution in [0.15, 0.2) is 12.4 Å². The highest BCUT2D eigenvalue weighted by atomic mass is 32.2. The minimum absolute atomic E-state index is 0.0205. The second-order valence-corrected chi connectivity index (χ2v) is 7.10. The van der Waals surface area contributed by atoms with Crippen LogP contribution in [0.4, 0.5) is 0 Å². The Morgan fingerprint density at radius 2 is 2.26 bits per heavy atom. The van der Waals surface area contributed by atoms with Gasteiger partial charge < -0.3 is 4.57 Å². The van der Waals surface area contributed by atoms with Crippen molar-refractivity contribution in [2.75, 3.05) is 19.3 Å². The lowest BCUT2D eigenvalue weighted by atomic mass is 9.94. The lowest BCUT2D eigenvalue weighted by Gasteiger charge is -2.30. The van der Waals surface area contributed by atoms with Crippen LogP contribution in [0.2, 0.25) is 0 Å². The number of ketones is 1. The number of hydrogen-bond donors (Lipinski definition) is 0. The minimum atomic E-state index is -3.16. The molecule has 0 aromatic carbocycles. The molecule has 0 radical (unpaired) electrons. The number of imidazole rings is 1. The molecular weight excluding hydrogens is 266 g/mol. The molecule has 1 aromatic heterocycles. The maximum Gasteiger partial charge on any atom is 0.211 e. The maximum atomic E-state index is 12.1. The third kappa shape index (κ3) is 3.42. The van der Waals surface area contributed by atoms with E-state index in [1.165, 1.54) is 10.6 Å². The fraction of sp³-hybridized carbons (Fsp3) is 0.667. The summed E-state index contributed by atoms with van der Waals surface area (Å²) in [6.07, 6.45) is 6.61. The van der Waals surface area contributed by atoms with Crippen LogP contribution in [0.1, 0.15) is 29.9 Å². The van der Waals surface area contributed by atoms with Crippen molar-refractivity contribution in [2.24, 2.45) is 13.0 Å². The lowest BCUT2D eigenvalue weighted by Crippen LogP contribution is -2.39. The molecule has 1 aromatic rings. The van der Waals surface area contributed by atoms with Gasteiger partial charge in [0.05, 0.1) is 6.26 Å². The molecule has 0 saturated carbocycles. The van der Waals surface area contributed by atoms with E-state index in [0.29, 0.717) is 25.3 Å². The molecule has 0 amide bonds. The van der Waals surface area contributed by atoms with E-state index in [1.807, 2.05) is 0 Å². The Labute approximate surface area is 113 Å². The Hall–Kier alpha value is -1.21. The van der Waals surface area contributed by atoms with Gasteiger partial charge in [-0.1, -0.05) is 0 Å². The molecule has 19 heavy (non-hydrogen) atoms. The highest BCUT2D eigenvalue weighted by molar-refractivity contribution is 7.88. The summed E-state index contributed by atoms with van der Waals surface area (Å²) in [6, 6.07) is 0. The number of carbonyl (C=O) groups excluding carboxylic acids is 1. The summed E-state index contributed by atoms with van der Waals surface area (Å²) in [5, 5.41) is 0. The molecular formula is C12H19N3O3S. The van der Waals surface area contributed by atoms with Gasteiger partial charge in [-0.25, -0.2) is 17.7 Å². The van der Waals surface area contributed by atoms with Crippen molar-refractivity contribution < 1.29 is 13.2 Å². The molecule has 0 aliphatic carbocycles. The third-order valence-corrected chi connectivity index (χ3v) is 4.77. The van der Waals surface area contributed by atoms with E-state index < -0.39 is 10.0 Å². The van der Waals surface area contributed by atoms with Gasteiger partial charge in [-0.3, -0.25) is 4.79 Å². The van der Waals surface area contributed by atoms with Gasteiger partial charge in [0.15, 0.2) is 11.6 Å². The second-order valence-electron chi connectivity index (χ2n) is 5.12. The number of sulfonamides is 1. The summed E-state index contributed by atoms with van der Waals surface area (Å²) in [6.45, 7) is 1.00. The van der Waals surface area contributed by atoms with Crippen molar-refractivity contribution in [3.05, 3.63) is 18.2 Å². The molecule has 0 spiro atoms. The summed E-state index contributed by atoms with van der Waals surface area (Å²) in [7, 11) is -1.37. The number of rotatable bonds is 4. The van der Waals surface area contributed by atoms with E-state index in [4.69, 9.17) is 0 Å². The predicted molar refractivity (Wildman–Crippen MR) is 71.3 cm³/mol. The molecule has 6 nitrogen and oxygen atoms in total. The highest BCUT2D eigenvalue weighted by Gasteiger charge is 2.28. The topological polar surface area (TPSA) is 72.3 Å². The summed E-state index contributed by atoms with van der Waals surface area (Å²) >= 11 is 0. The average Bonchev–Trinajstić information content (AvgIpc) is 2.75. The molecule has 1 saturated heterocycles. The van der Waals surface area contributed by atoms with Crippen molar-refractivity contribution in [3.8, 4) is 0 Å². The normalized spacial score (nSPS) is 21.5. The molecule has 7 heteroatoms. The first kappa shape index (κ1) is 14.2. The Balaban J connectivity index is 2.00. The molecule has 1 aliphatic heterocycles. The minimum Gasteiger partial charge on any atom is -0.332 e. The van der Waals surface area contributed by atoms with Gasteiger partial charge in [-0.2, -0.15) is 0 Å². The number of nitrogens with zero attached hydrogens (tertiary/aromatic N) is 3. The maximum absolute atomic E-state index is 12.1. The Morgan fingerprint density at radius 1 is 1.53 bits per heavy atom. The zero-order valence-electron chi connectivity index (χ0n) is 11.2. The quantitative estimate of drug-likeness (QED) is 0.762. The largest absolute Gasteiger partial charge is 0.332 e. The van der Waals surface area contributed by atoms with E-state index in [1.54, 1.807) is 24.0 Å². The molecule has 0 bridgehead atoms. The van der Waals surface area contributed by atoms with E-state index >= 15 is 0 Å². The smallest absolute Gasteiger partial charge is 0.211 e. The van der Waals surface area contributed by atoms with Crippen molar-refractivity contribution in [2.45, 2.75) is 19.3 Å². The van der Waals surface area contributed by atoms with Gasteiger partial charge >= 0.3 is 0 Å². The van der Waals surface area contributed by atoms with Crippen molar-refractivity contribution >= 4 is 15.8 Å². The first-order chi connectivity index (χ1) is 8.88. The molecule has 0 N–H and O–H groups in total. The predicted octanol–water partition coefficient (Wildman–Crippen LogP) is 0.665. The monoisotopic (exact) mass is 285 g/mol. The molecule has 2 heterocycles. The van der Waals surface area contributed by atoms with E-state index in [-0.39, 0.29) is 11.7 Å². The molecule has 1 fully saturated rings. The van der Waals surface area contributed by atoms with Crippen molar-refractivity contribution in [1.29, 1.82) is 0 Å². The van der Waals surface area contributed by atoms with Crippen LogP contribution in [0.5, 0.6) is 0 Å². The average molecular weight is 285 g/mol. The highest BCUT2D eigenvalue weighted by Crippen LogP contribution is 2.22. The standard InChI is InChI=1S/C12H19N3O3S/c1-14-7-5-13-12(14)11(16)8-10-4-3-6-15(9-10)19(2,17)18/h5,7,10H,3-4,6,8-9H2,1-2H3. The van der Waals surface area contributed by atoms with Crippen LogP contribution in [0.3, 0.4) is 0 Å². The lowest BCUT2D eigenvalue weighted by molar-refractivity contribution is 0.0929. The van der Waals surface area contributed by atoms with Gasteiger partial charge in [0.25, 0.3) is 0 Å². The Bertz CT molecular complexity index is 565. The van der Waals surface area contributed by atoms with Crippen LogP contribution < -0.4 is 0 Å². The van der Waals surface area contributed by atoms with Crippen LogP contribution in [0, 0.1) is 5.92 Å². The number of piperidine rings is 1. The number of aryl methyl sites for hydroxylation is 1. The van der Waals surface area contributed by atoms with E-state index in [9.17, 15) is 13.2 Å². The number of Topliss-reactive ketones (excluding diaryl/α,β-unsaturated/α-hetero) is 1. The number of aromatic nitrogens is 2. The molecule has 1 aliphatic rings. The van der Waals surface area contributed by atoms with Crippen molar-refractivity contribution in [3.63, 3.8) is 0 Å². The molecule has 2 rings (SSSR count). The molecule has 1 atom stereocenters. The fourth-order valence-electron chi connectivity index (χ4n) is 2.48. The van der Waals surface area contributed by atoms with Crippen LogP contribution >= 0.6 is 0 Å². The summed E-state index contributed by atoms with van der Waals surface area (Å²) < 4.78 is 26.2. The van der Waals surface area contributed by atoms with Crippen molar-refractivity contribution in [1.82, 2.24) is 13.9 Å². The first-order valence-electron chi connectivity index (χ1n) is 6.33. The fourth-order valence-corrected chi connectivity index (χ4v) is 3.42. The van der Waals surface area contributed by atoms with Gasteiger partial charge in [0.1, 0.15) is 0 Å². The second kappa shape index (κ2) is 5.42.